The highest BCUT2D eigenvalue weighted by Gasteiger charge is 2.63. The molecular weight excluding hydrogens is 248 g/mol. The van der Waals surface area contributed by atoms with E-state index >= 15 is 0 Å². The lowest BCUT2D eigenvalue weighted by Crippen LogP contribution is -2.76. The van der Waals surface area contributed by atoms with Crippen LogP contribution in [0.4, 0.5) is 0 Å². The molecule has 6 nitrogen and oxygen atoms in total. The summed E-state index contributed by atoms with van der Waals surface area (Å²) in [7, 11) is 1.28. The predicted molar refractivity (Wildman–Crippen MR) is 70.4 cm³/mol. The Kier molecular flexibility index (Phi) is 4.58. The summed E-state index contributed by atoms with van der Waals surface area (Å²) in [4.78, 5) is 23.6. The van der Waals surface area contributed by atoms with Gasteiger partial charge >= 0.3 is 5.97 Å². The van der Waals surface area contributed by atoms with E-state index in [2.05, 4.69) is 10.1 Å². The standard InChI is InChI=1S/C13H24N2O4/c1-6-19-9-7-13(14,12(9,3)4)11(17)15-8(2)10(16)18-5/h8-9H,6-7,14H2,1-5H3,(H,15,17)/t8-,9?,13?/m0/s1. The molecule has 0 heterocycles. The summed E-state index contributed by atoms with van der Waals surface area (Å²) in [5, 5.41) is 2.60. The molecular formula is C13H24N2O4. The lowest BCUT2D eigenvalue weighted by atomic mass is 9.54. The van der Waals surface area contributed by atoms with Gasteiger partial charge in [-0.15, -0.1) is 0 Å². The molecule has 0 bridgehead atoms. The second-order valence-electron chi connectivity index (χ2n) is 5.56. The first-order chi connectivity index (χ1) is 8.70. The van der Waals surface area contributed by atoms with Crippen LogP contribution >= 0.6 is 0 Å². The van der Waals surface area contributed by atoms with E-state index in [1.165, 1.54) is 7.11 Å². The molecule has 1 saturated carbocycles. The number of amides is 1. The van der Waals surface area contributed by atoms with Crippen LogP contribution < -0.4 is 11.1 Å². The largest absolute Gasteiger partial charge is 0.467 e. The van der Waals surface area contributed by atoms with Crippen molar-refractivity contribution >= 4 is 11.9 Å². The Bertz CT molecular complexity index is 370. The van der Waals surface area contributed by atoms with Crippen molar-refractivity contribution in [2.45, 2.75) is 51.8 Å². The molecule has 1 aliphatic carbocycles. The molecule has 3 N–H and O–H groups in total. The molecule has 0 radical (unpaired) electrons. The topological polar surface area (TPSA) is 90.6 Å². The molecule has 0 saturated heterocycles. The summed E-state index contributed by atoms with van der Waals surface area (Å²) >= 11 is 0. The monoisotopic (exact) mass is 272 g/mol. The lowest BCUT2D eigenvalue weighted by molar-refractivity contribution is -0.172. The second kappa shape index (κ2) is 5.46. The van der Waals surface area contributed by atoms with Crippen LogP contribution in [-0.2, 0) is 19.1 Å². The van der Waals surface area contributed by atoms with Gasteiger partial charge in [-0.05, 0) is 13.8 Å². The normalized spacial score (nSPS) is 30.1. The van der Waals surface area contributed by atoms with E-state index in [1.807, 2.05) is 20.8 Å². The van der Waals surface area contributed by atoms with E-state index in [0.29, 0.717) is 13.0 Å². The molecule has 110 valence electrons. The number of rotatable bonds is 5. The van der Waals surface area contributed by atoms with Crippen molar-refractivity contribution in [3.8, 4) is 0 Å². The minimum absolute atomic E-state index is 0.0401. The molecule has 2 unspecified atom stereocenters. The van der Waals surface area contributed by atoms with Crippen LogP contribution in [0.3, 0.4) is 0 Å². The van der Waals surface area contributed by atoms with E-state index in [1.54, 1.807) is 6.92 Å². The molecule has 1 rings (SSSR count). The van der Waals surface area contributed by atoms with E-state index in [0.717, 1.165) is 0 Å². The molecule has 1 amide bonds. The highest BCUT2D eigenvalue weighted by molar-refractivity contribution is 5.92. The summed E-state index contributed by atoms with van der Waals surface area (Å²) < 4.78 is 10.1. The molecule has 0 aliphatic heterocycles. The fourth-order valence-corrected chi connectivity index (χ4v) is 2.38. The summed E-state index contributed by atoms with van der Waals surface area (Å²) in [6.45, 7) is 7.87. The van der Waals surface area contributed by atoms with Crippen molar-refractivity contribution in [3.63, 3.8) is 0 Å². The van der Waals surface area contributed by atoms with Gasteiger partial charge in [-0.3, -0.25) is 4.79 Å². The van der Waals surface area contributed by atoms with Crippen molar-refractivity contribution < 1.29 is 19.1 Å². The SMILES string of the molecule is CCOC1CC(N)(C(=O)N[C@@H](C)C(=O)OC)C1(C)C. The van der Waals surface area contributed by atoms with Gasteiger partial charge in [0.2, 0.25) is 5.91 Å². The van der Waals surface area contributed by atoms with Gasteiger partial charge in [0.15, 0.2) is 0 Å². The first kappa shape index (κ1) is 15.9. The van der Waals surface area contributed by atoms with Gasteiger partial charge in [0.25, 0.3) is 0 Å². The zero-order chi connectivity index (χ0) is 14.8. The second-order valence-corrected chi connectivity index (χ2v) is 5.56. The molecule has 0 aromatic heterocycles. The van der Waals surface area contributed by atoms with Crippen LogP contribution in [0.1, 0.15) is 34.1 Å². The summed E-state index contributed by atoms with van der Waals surface area (Å²) in [5.41, 5.74) is 4.70. The van der Waals surface area contributed by atoms with E-state index in [-0.39, 0.29) is 12.0 Å². The number of esters is 1. The highest BCUT2D eigenvalue weighted by atomic mass is 16.5. The maximum absolute atomic E-state index is 12.2. The molecule has 0 spiro atoms. The third-order valence-electron chi connectivity index (χ3n) is 4.14. The zero-order valence-electron chi connectivity index (χ0n) is 12.3. The maximum atomic E-state index is 12.2. The van der Waals surface area contributed by atoms with Crippen molar-refractivity contribution in [2.75, 3.05) is 13.7 Å². The fraction of sp³-hybridized carbons (Fsp3) is 0.846. The van der Waals surface area contributed by atoms with Gasteiger partial charge in [-0.2, -0.15) is 0 Å². The number of hydrogen-bond acceptors (Lipinski definition) is 5. The first-order valence-corrected chi connectivity index (χ1v) is 6.50. The Morgan fingerprint density at radius 1 is 1.47 bits per heavy atom. The summed E-state index contributed by atoms with van der Waals surface area (Å²) in [6, 6.07) is -0.708. The summed E-state index contributed by atoms with van der Waals surface area (Å²) in [5.74, 6) is -0.832. The predicted octanol–water partition coefficient (Wildman–Crippen LogP) is 0.197. The average molecular weight is 272 g/mol. The number of hydrogen-bond donors (Lipinski definition) is 2. The third-order valence-corrected chi connectivity index (χ3v) is 4.14. The number of nitrogens with two attached hydrogens (primary N) is 1. The number of methoxy groups -OCH3 is 1. The van der Waals surface area contributed by atoms with Gasteiger partial charge < -0.3 is 20.5 Å². The van der Waals surface area contributed by atoms with E-state index < -0.39 is 23.0 Å². The van der Waals surface area contributed by atoms with Crippen LogP contribution in [0.2, 0.25) is 0 Å². The van der Waals surface area contributed by atoms with Crippen LogP contribution in [-0.4, -0.2) is 43.3 Å². The quantitative estimate of drug-likeness (QED) is 0.698. The van der Waals surface area contributed by atoms with Crippen molar-refractivity contribution in [1.29, 1.82) is 0 Å². The number of carbonyl (C=O) groups excluding carboxylic acids is 2. The van der Waals surface area contributed by atoms with Gasteiger partial charge in [0.1, 0.15) is 11.6 Å². The Balaban J connectivity index is 2.70. The lowest BCUT2D eigenvalue weighted by Gasteiger charge is -2.57. The number of nitrogens with one attached hydrogen (secondary N) is 1. The molecule has 1 fully saturated rings. The molecule has 0 aromatic rings. The highest BCUT2D eigenvalue weighted by Crippen LogP contribution is 2.49. The van der Waals surface area contributed by atoms with Gasteiger partial charge in [0.05, 0.1) is 13.2 Å². The minimum Gasteiger partial charge on any atom is -0.467 e. The number of carbonyl (C=O) groups is 2. The van der Waals surface area contributed by atoms with Gasteiger partial charge in [0, 0.05) is 18.4 Å². The van der Waals surface area contributed by atoms with E-state index in [9.17, 15) is 9.59 Å². The first-order valence-electron chi connectivity index (χ1n) is 6.50. The van der Waals surface area contributed by atoms with Crippen LogP contribution in [0, 0.1) is 5.41 Å². The van der Waals surface area contributed by atoms with Crippen LogP contribution in [0.5, 0.6) is 0 Å². The fourth-order valence-electron chi connectivity index (χ4n) is 2.38. The maximum Gasteiger partial charge on any atom is 0.328 e. The van der Waals surface area contributed by atoms with Gasteiger partial charge in [-0.1, -0.05) is 13.8 Å². The Morgan fingerprint density at radius 2 is 2.05 bits per heavy atom. The molecule has 3 atom stereocenters. The Hall–Kier alpha value is -1.14. The molecule has 6 heteroatoms. The van der Waals surface area contributed by atoms with Gasteiger partial charge in [-0.25, -0.2) is 4.79 Å². The molecule has 0 aromatic carbocycles. The summed E-state index contributed by atoms with van der Waals surface area (Å²) in [6.07, 6.45) is 0.412. The van der Waals surface area contributed by atoms with Crippen molar-refractivity contribution in [2.24, 2.45) is 11.1 Å². The van der Waals surface area contributed by atoms with Crippen LogP contribution in [0.15, 0.2) is 0 Å². The smallest absolute Gasteiger partial charge is 0.328 e. The Labute approximate surface area is 114 Å². The minimum atomic E-state index is -1.02. The Morgan fingerprint density at radius 3 is 2.47 bits per heavy atom. The van der Waals surface area contributed by atoms with Crippen molar-refractivity contribution in [1.82, 2.24) is 5.32 Å². The number of ether oxygens (including phenoxy) is 2. The average Bonchev–Trinajstić information content (AvgIpc) is 2.36. The van der Waals surface area contributed by atoms with Crippen LogP contribution in [0.25, 0.3) is 0 Å². The zero-order valence-corrected chi connectivity index (χ0v) is 12.3. The van der Waals surface area contributed by atoms with Crippen molar-refractivity contribution in [3.05, 3.63) is 0 Å². The molecule has 1 aliphatic rings. The third kappa shape index (κ3) is 2.60. The molecule has 19 heavy (non-hydrogen) atoms. The van der Waals surface area contributed by atoms with E-state index in [4.69, 9.17) is 10.5 Å².